The average molecular weight is 273 g/mol. The van der Waals surface area contributed by atoms with Crippen LogP contribution in [0.15, 0.2) is 30.5 Å². The molecule has 0 saturated heterocycles. The molecule has 0 bridgehead atoms. The van der Waals surface area contributed by atoms with Gasteiger partial charge in [0.2, 0.25) is 5.95 Å². The van der Waals surface area contributed by atoms with Crippen LogP contribution >= 0.6 is 0 Å². The number of benzene rings is 1. The fourth-order valence-corrected chi connectivity index (χ4v) is 1.58. The van der Waals surface area contributed by atoms with Crippen LogP contribution < -0.4 is 5.32 Å². The molecule has 1 aromatic heterocycles. The van der Waals surface area contributed by atoms with Gasteiger partial charge in [0.15, 0.2) is 0 Å². The maximum atomic E-state index is 13.6. The van der Waals surface area contributed by atoms with E-state index in [1.807, 2.05) is 0 Å². The van der Waals surface area contributed by atoms with Crippen molar-refractivity contribution in [3.63, 3.8) is 0 Å². The van der Waals surface area contributed by atoms with Crippen molar-refractivity contribution in [2.75, 3.05) is 5.32 Å². The van der Waals surface area contributed by atoms with Crippen molar-refractivity contribution in [1.29, 1.82) is 5.26 Å². The molecule has 0 aliphatic carbocycles. The number of pyridine rings is 1. The van der Waals surface area contributed by atoms with E-state index >= 15 is 0 Å². The van der Waals surface area contributed by atoms with Crippen molar-refractivity contribution >= 4 is 11.6 Å². The number of nitriles is 1. The van der Waals surface area contributed by atoms with Crippen molar-refractivity contribution < 1.29 is 13.6 Å². The van der Waals surface area contributed by atoms with Crippen LogP contribution in [0.3, 0.4) is 0 Å². The summed E-state index contributed by atoms with van der Waals surface area (Å²) in [6, 6.07) is 6.57. The monoisotopic (exact) mass is 273 g/mol. The van der Waals surface area contributed by atoms with Crippen LogP contribution in [-0.2, 0) is 0 Å². The lowest BCUT2D eigenvalue weighted by molar-refractivity contribution is 0.102. The predicted octanol–water partition coefficient (Wildman–Crippen LogP) is 2.79. The topological polar surface area (TPSA) is 65.8 Å². The van der Waals surface area contributed by atoms with Crippen molar-refractivity contribution in [2.45, 2.75) is 6.92 Å². The molecule has 1 heterocycles. The third-order valence-electron chi connectivity index (χ3n) is 2.71. The van der Waals surface area contributed by atoms with E-state index in [9.17, 15) is 13.6 Å². The van der Waals surface area contributed by atoms with E-state index < -0.39 is 17.7 Å². The van der Waals surface area contributed by atoms with Gasteiger partial charge in [0.05, 0.1) is 17.2 Å². The van der Waals surface area contributed by atoms with Crippen molar-refractivity contribution in [3.05, 3.63) is 58.9 Å². The smallest absolute Gasteiger partial charge is 0.257 e. The zero-order valence-electron chi connectivity index (χ0n) is 10.4. The lowest BCUT2D eigenvalue weighted by Crippen LogP contribution is -2.14. The second-order valence-corrected chi connectivity index (χ2v) is 4.07. The summed E-state index contributed by atoms with van der Waals surface area (Å²) in [6.07, 6.45) is 1.07. The first-order valence-corrected chi connectivity index (χ1v) is 5.64. The van der Waals surface area contributed by atoms with Crippen LogP contribution in [0.4, 0.5) is 14.5 Å². The number of carbonyl (C=O) groups excluding carboxylic acids is 1. The highest BCUT2D eigenvalue weighted by molar-refractivity contribution is 6.04. The molecule has 0 atom stereocenters. The Balaban J connectivity index is 2.30. The van der Waals surface area contributed by atoms with Crippen LogP contribution in [-0.4, -0.2) is 10.9 Å². The van der Waals surface area contributed by atoms with Gasteiger partial charge in [-0.15, -0.1) is 0 Å². The van der Waals surface area contributed by atoms with E-state index in [0.717, 1.165) is 18.3 Å². The average Bonchev–Trinajstić information content (AvgIpc) is 2.44. The number of nitrogens with zero attached hydrogens (tertiary/aromatic N) is 2. The molecular formula is C14H9F2N3O. The molecule has 0 spiro atoms. The number of amides is 1. The Morgan fingerprint density at radius 2 is 2.10 bits per heavy atom. The Kier molecular flexibility index (Phi) is 3.71. The van der Waals surface area contributed by atoms with Gasteiger partial charge >= 0.3 is 0 Å². The standard InChI is InChI=1S/C14H9F2N3O/c1-8-11(15)4-9(6-17)5-12(8)19-14(20)10-2-3-13(16)18-7-10/h2-5,7H,1H3,(H,19,20). The normalized spacial score (nSPS) is 9.90. The molecule has 4 nitrogen and oxygen atoms in total. The van der Waals surface area contributed by atoms with Gasteiger partial charge in [0, 0.05) is 17.4 Å². The van der Waals surface area contributed by atoms with E-state index in [2.05, 4.69) is 10.3 Å². The first kappa shape index (κ1) is 13.6. The molecule has 0 radical (unpaired) electrons. The van der Waals surface area contributed by atoms with Crippen LogP contribution in [0.5, 0.6) is 0 Å². The van der Waals surface area contributed by atoms with Crippen molar-refractivity contribution in [3.8, 4) is 6.07 Å². The Morgan fingerprint density at radius 3 is 2.70 bits per heavy atom. The van der Waals surface area contributed by atoms with E-state index in [0.29, 0.717) is 0 Å². The van der Waals surface area contributed by atoms with E-state index in [1.54, 1.807) is 6.07 Å². The van der Waals surface area contributed by atoms with Gasteiger partial charge in [-0.2, -0.15) is 9.65 Å². The molecule has 1 N–H and O–H groups in total. The maximum Gasteiger partial charge on any atom is 0.257 e. The molecule has 2 rings (SSSR count). The number of hydrogen-bond donors (Lipinski definition) is 1. The molecule has 1 aromatic carbocycles. The summed E-state index contributed by atoms with van der Waals surface area (Å²) in [5.41, 5.74) is 0.637. The van der Waals surface area contributed by atoms with E-state index in [1.165, 1.54) is 19.1 Å². The number of hydrogen-bond acceptors (Lipinski definition) is 3. The van der Waals surface area contributed by atoms with E-state index in [-0.39, 0.29) is 22.4 Å². The maximum absolute atomic E-state index is 13.6. The quantitative estimate of drug-likeness (QED) is 0.855. The number of halogens is 2. The summed E-state index contributed by atoms with van der Waals surface area (Å²) in [6.45, 7) is 1.48. The Hall–Kier alpha value is -2.81. The molecule has 0 unspecified atom stereocenters. The molecular weight excluding hydrogens is 264 g/mol. The molecule has 100 valence electrons. The van der Waals surface area contributed by atoms with Crippen LogP contribution in [0, 0.1) is 30.0 Å². The fraction of sp³-hybridized carbons (Fsp3) is 0.0714. The lowest BCUT2D eigenvalue weighted by atomic mass is 10.1. The molecule has 20 heavy (non-hydrogen) atoms. The second kappa shape index (κ2) is 5.45. The Morgan fingerprint density at radius 1 is 1.35 bits per heavy atom. The minimum absolute atomic E-state index is 0.0978. The summed E-state index contributed by atoms with van der Waals surface area (Å²) >= 11 is 0. The molecule has 0 fully saturated rings. The largest absolute Gasteiger partial charge is 0.322 e. The van der Waals surface area contributed by atoms with Gasteiger partial charge in [-0.05, 0) is 31.2 Å². The predicted molar refractivity (Wildman–Crippen MR) is 68.0 cm³/mol. The summed E-state index contributed by atoms with van der Waals surface area (Å²) in [5, 5.41) is 11.2. The Labute approximate surface area is 113 Å². The third-order valence-corrected chi connectivity index (χ3v) is 2.71. The molecule has 0 aliphatic rings. The van der Waals surface area contributed by atoms with Crippen LogP contribution in [0.1, 0.15) is 21.5 Å². The highest BCUT2D eigenvalue weighted by Crippen LogP contribution is 2.21. The first-order valence-electron chi connectivity index (χ1n) is 5.64. The summed E-state index contributed by atoms with van der Waals surface area (Å²) < 4.78 is 26.2. The van der Waals surface area contributed by atoms with Gasteiger partial charge in [0.25, 0.3) is 5.91 Å². The second-order valence-electron chi connectivity index (χ2n) is 4.07. The molecule has 0 aliphatic heterocycles. The molecule has 6 heteroatoms. The van der Waals surface area contributed by atoms with Crippen molar-refractivity contribution in [2.24, 2.45) is 0 Å². The highest BCUT2D eigenvalue weighted by atomic mass is 19.1. The fourth-order valence-electron chi connectivity index (χ4n) is 1.58. The minimum Gasteiger partial charge on any atom is -0.322 e. The summed E-state index contributed by atoms with van der Waals surface area (Å²) in [4.78, 5) is 15.3. The van der Waals surface area contributed by atoms with E-state index in [4.69, 9.17) is 5.26 Å². The van der Waals surface area contributed by atoms with Gasteiger partial charge < -0.3 is 5.32 Å². The molecule has 0 saturated carbocycles. The zero-order valence-corrected chi connectivity index (χ0v) is 10.4. The minimum atomic E-state index is -0.699. The number of rotatable bonds is 2. The van der Waals surface area contributed by atoms with Crippen LogP contribution in [0.25, 0.3) is 0 Å². The molecule has 1 amide bonds. The molecule has 2 aromatic rings. The number of aromatic nitrogens is 1. The zero-order chi connectivity index (χ0) is 14.7. The Bertz CT molecular complexity index is 706. The van der Waals surface area contributed by atoms with Gasteiger partial charge in [0.1, 0.15) is 5.82 Å². The number of carbonyl (C=O) groups is 1. The summed E-state index contributed by atoms with van der Waals surface area (Å²) in [7, 11) is 0. The number of anilines is 1. The number of nitrogens with one attached hydrogen (secondary N) is 1. The van der Waals surface area contributed by atoms with Crippen LogP contribution in [0.2, 0.25) is 0 Å². The van der Waals surface area contributed by atoms with Gasteiger partial charge in [-0.25, -0.2) is 9.37 Å². The lowest BCUT2D eigenvalue weighted by Gasteiger charge is -2.09. The third kappa shape index (κ3) is 2.78. The SMILES string of the molecule is Cc1c(F)cc(C#N)cc1NC(=O)c1ccc(F)nc1. The summed E-state index contributed by atoms with van der Waals surface area (Å²) in [5.74, 6) is -1.85. The van der Waals surface area contributed by atoms with Gasteiger partial charge in [-0.1, -0.05) is 0 Å². The first-order chi connectivity index (χ1) is 9.51. The highest BCUT2D eigenvalue weighted by Gasteiger charge is 2.12. The van der Waals surface area contributed by atoms with Crippen molar-refractivity contribution in [1.82, 2.24) is 4.98 Å². The van der Waals surface area contributed by atoms with Gasteiger partial charge in [-0.3, -0.25) is 4.79 Å².